The summed E-state index contributed by atoms with van der Waals surface area (Å²) in [5.74, 6) is 0.0825. The highest BCUT2D eigenvalue weighted by molar-refractivity contribution is 6.04. The lowest BCUT2D eigenvalue weighted by Crippen LogP contribution is -2.49. The van der Waals surface area contributed by atoms with Crippen LogP contribution in [0.1, 0.15) is 20.8 Å². The number of likely N-dealkylation sites (N-methyl/N-ethyl adjacent to an activating group) is 2. The fraction of sp³-hybridized carbons (Fsp3) is 0.800. The molecule has 0 aromatic carbocycles. The zero-order valence-electron chi connectivity index (χ0n) is 10.6. The van der Waals surface area contributed by atoms with Gasteiger partial charge in [-0.15, -0.1) is 0 Å². The van der Waals surface area contributed by atoms with E-state index in [2.05, 4.69) is 4.65 Å². The Hall–Kier alpha value is -1.04. The SMILES string of the molecule is [B]OC(=O)N(C)CCN(C)C(C)(C)C(C)=O. The van der Waals surface area contributed by atoms with Gasteiger partial charge in [0.25, 0.3) is 0 Å². The van der Waals surface area contributed by atoms with Crippen molar-refractivity contribution in [1.82, 2.24) is 9.80 Å². The zero-order valence-corrected chi connectivity index (χ0v) is 10.6. The third-order valence-corrected chi connectivity index (χ3v) is 3.00. The lowest BCUT2D eigenvalue weighted by Gasteiger charge is -2.34. The van der Waals surface area contributed by atoms with Crippen LogP contribution in [0.3, 0.4) is 0 Å². The van der Waals surface area contributed by atoms with Crippen molar-refractivity contribution >= 4 is 19.9 Å². The van der Waals surface area contributed by atoms with E-state index in [4.69, 9.17) is 8.05 Å². The molecule has 0 rings (SSSR count). The summed E-state index contributed by atoms with van der Waals surface area (Å²) in [4.78, 5) is 25.6. The Morgan fingerprint density at radius 2 is 1.75 bits per heavy atom. The van der Waals surface area contributed by atoms with Gasteiger partial charge in [-0.05, 0) is 27.8 Å². The second kappa shape index (κ2) is 5.89. The van der Waals surface area contributed by atoms with E-state index in [-0.39, 0.29) is 5.78 Å². The maximum atomic E-state index is 11.4. The lowest BCUT2D eigenvalue weighted by atomic mass is 9.98. The molecule has 0 saturated heterocycles. The molecule has 5 nitrogen and oxygen atoms in total. The summed E-state index contributed by atoms with van der Waals surface area (Å²) in [6, 6.07) is 0. The lowest BCUT2D eigenvalue weighted by molar-refractivity contribution is -0.126. The molecule has 0 aromatic rings. The molecule has 90 valence electrons. The maximum absolute atomic E-state index is 11.4. The van der Waals surface area contributed by atoms with Crippen molar-refractivity contribution in [2.24, 2.45) is 0 Å². The minimum atomic E-state index is -0.589. The summed E-state index contributed by atoms with van der Waals surface area (Å²) in [6.45, 7) is 6.25. The predicted molar refractivity (Wildman–Crippen MR) is 62.3 cm³/mol. The molecule has 0 atom stereocenters. The molecule has 0 heterocycles. The van der Waals surface area contributed by atoms with Gasteiger partial charge in [0.05, 0.1) is 5.54 Å². The highest BCUT2D eigenvalue weighted by Crippen LogP contribution is 2.12. The molecular weight excluding hydrogens is 207 g/mol. The Kier molecular flexibility index (Phi) is 5.51. The standard InChI is InChI=1S/C10H19BN2O3/c1-8(14)10(2,3)13(5)7-6-12(4)9(15)16-11/h6-7H2,1-5H3. The summed E-state index contributed by atoms with van der Waals surface area (Å²) in [6.07, 6.45) is -0.589. The number of hydrogen-bond donors (Lipinski definition) is 0. The Labute approximate surface area is 98.2 Å². The summed E-state index contributed by atoms with van der Waals surface area (Å²) in [7, 11) is 8.18. The first-order valence-electron chi connectivity index (χ1n) is 5.07. The molecule has 0 aliphatic heterocycles. The maximum Gasteiger partial charge on any atom is 0.390 e. The molecule has 0 saturated carbocycles. The second-order valence-corrected chi connectivity index (χ2v) is 4.34. The number of ketones is 1. The normalized spacial score (nSPS) is 11.4. The van der Waals surface area contributed by atoms with E-state index in [0.717, 1.165) is 0 Å². The van der Waals surface area contributed by atoms with Crippen LogP contribution in [0.4, 0.5) is 4.79 Å². The van der Waals surface area contributed by atoms with Crippen molar-refractivity contribution in [3.63, 3.8) is 0 Å². The number of nitrogens with zero attached hydrogens (tertiary/aromatic N) is 2. The number of rotatable bonds is 5. The van der Waals surface area contributed by atoms with Crippen LogP contribution >= 0.6 is 0 Å². The summed E-state index contributed by atoms with van der Waals surface area (Å²) in [5, 5.41) is 0. The molecule has 0 fully saturated rings. The first-order chi connectivity index (χ1) is 7.23. The average Bonchev–Trinajstić information content (AvgIpc) is 2.23. The number of carbonyl (C=O) groups excluding carboxylic acids is 2. The van der Waals surface area contributed by atoms with E-state index in [1.54, 1.807) is 14.0 Å². The van der Waals surface area contributed by atoms with Crippen LogP contribution < -0.4 is 0 Å². The number of amides is 1. The van der Waals surface area contributed by atoms with E-state index in [9.17, 15) is 9.59 Å². The smallest absolute Gasteiger partial charge is 0.390 e. The van der Waals surface area contributed by atoms with Gasteiger partial charge in [0.2, 0.25) is 0 Å². The largest absolute Gasteiger partial charge is 0.528 e. The van der Waals surface area contributed by atoms with E-state index in [0.29, 0.717) is 13.1 Å². The highest BCUT2D eigenvalue weighted by atomic mass is 16.5. The van der Waals surface area contributed by atoms with E-state index < -0.39 is 11.6 Å². The van der Waals surface area contributed by atoms with E-state index in [1.807, 2.05) is 25.8 Å². The fourth-order valence-electron chi connectivity index (χ4n) is 1.03. The Bertz CT molecular complexity index is 269. The number of carbonyl (C=O) groups is 2. The Balaban J connectivity index is 4.22. The van der Waals surface area contributed by atoms with Gasteiger partial charge in [-0.25, -0.2) is 4.79 Å². The molecule has 0 spiro atoms. The zero-order chi connectivity index (χ0) is 12.9. The quantitative estimate of drug-likeness (QED) is 0.638. The van der Waals surface area contributed by atoms with Crippen molar-refractivity contribution in [2.75, 3.05) is 27.2 Å². The molecule has 6 heteroatoms. The van der Waals surface area contributed by atoms with Crippen LogP contribution in [0, 0.1) is 0 Å². The second-order valence-electron chi connectivity index (χ2n) is 4.34. The highest BCUT2D eigenvalue weighted by Gasteiger charge is 2.28. The van der Waals surface area contributed by atoms with Crippen LogP contribution in [0.5, 0.6) is 0 Å². The van der Waals surface area contributed by atoms with Crippen molar-refractivity contribution in [3.8, 4) is 0 Å². The van der Waals surface area contributed by atoms with Crippen LogP contribution in [0.25, 0.3) is 0 Å². The molecule has 2 radical (unpaired) electrons. The van der Waals surface area contributed by atoms with Gasteiger partial charge >= 0.3 is 14.1 Å². The Morgan fingerprint density at radius 3 is 2.12 bits per heavy atom. The van der Waals surface area contributed by atoms with E-state index >= 15 is 0 Å². The molecule has 0 aromatic heterocycles. The first-order valence-corrected chi connectivity index (χ1v) is 5.07. The van der Waals surface area contributed by atoms with Gasteiger partial charge in [0.1, 0.15) is 5.78 Å². The van der Waals surface area contributed by atoms with Crippen molar-refractivity contribution in [1.29, 1.82) is 0 Å². The summed E-state index contributed by atoms with van der Waals surface area (Å²) >= 11 is 0. The summed E-state index contributed by atoms with van der Waals surface area (Å²) < 4.78 is 4.08. The van der Waals surface area contributed by atoms with Crippen LogP contribution in [-0.4, -0.2) is 62.4 Å². The molecular formula is C10H19BN2O3. The topological polar surface area (TPSA) is 49.9 Å². The van der Waals surface area contributed by atoms with E-state index in [1.165, 1.54) is 4.90 Å². The van der Waals surface area contributed by atoms with Crippen LogP contribution in [0.2, 0.25) is 0 Å². The fourth-order valence-corrected chi connectivity index (χ4v) is 1.03. The van der Waals surface area contributed by atoms with Crippen LogP contribution in [0.15, 0.2) is 0 Å². The summed E-state index contributed by atoms with van der Waals surface area (Å²) in [5.41, 5.74) is -0.534. The monoisotopic (exact) mass is 226 g/mol. The third kappa shape index (κ3) is 3.85. The molecule has 0 aliphatic carbocycles. The molecule has 1 amide bonds. The van der Waals surface area contributed by atoms with Gasteiger partial charge < -0.3 is 9.55 Å². The van der Waals surface area contributed by atoms with Gasteiger partial charge in [-0.1, -0.05) is 0 Å². The van der Waals surface area contributed by atoms with Crippen LogP contribution in [-0.2, 0) is 9.45 Å². The predicted octanol–water partition coefficient (Wildman–Crippen LogP) is 0.438. The first kappa shape index (κ1) is 15.0. The number of Topliss-reactive ketones (excluding diaryl/α,β-unsaturated/α-hetero) is 1. The molecule has 0 N–H and O–H groups in total. The number of hydrogen-bond acceptors (Lipinski definition) is 4. The third-order valence-electron chi connectivity index (χ3n) is 3.00. The van der Waals surface area contributed by atoms with Crippen molar-refractivity contribution in [2.45, 2.75) is 26.3 Å². The van der Waals surface area contributed by atoms with Gasteiger partial charge in [-0.2, -0.15) is 0 Å². The minimum Gasteiger partial charge on any atom is -0.528 e. The Morgan fingerprint density at radius 1 is 1.25 bits per heavy atom. The van der Waals surface area contributed by atoms with Gasteiger partial charge in [-0.3, -0.25) is 9.69 Å². The molecule has 0 bridgehead atoms. The molecule has 16 heavy (non-hydrogen) atoms. The average molecular weight is 226 g/mol. The molecule has 0 unspecified atom stereocenters. The van der Waals surface area contributed by atoms with Crippen molar-refractivity contribution in [3.05, 3.63) is 0 Å². The van der Waals surface area contributed by atoms with Crippen molar-refractivity contribution < 1.29 is 14.2 Å². The van der Waals surface area contributed by atoms with Gasteiger partial charge in [0.15, 0.2) is 0 Å². The van der Waals surface area contributed by atoms with Gasteiger partial charge in [0, 0.05) is 20.1 Å². The minimum absolute atomic E-state index is 0.0825. The molecule has 0 aliphatic rings.